The molecule has 0 bridgehead atoms. The topological polar surface area (TPSA) is 107 Å². The van der Waals surface area contributed by atoms with E-state index in [0.29, 0.717) is 11.7 Å². The average Bonchev–Trinajstić information content (AvgIpc) is 3.25. The minimum absolute atomic E-state index is 0.0161. The van der Waals surface area contributed by atoms with Crippen LogP contribution in [0.4, 0.5) is 0 Å². The molecule has 3 saturated heterocycles. The zero-order valence-electron chi connectivity index (χ0n) is 18.1. The molecule has 1 aromatic rings. The number of nitrogens with zero attached hydrogens (tertiary/aromatic N) is 5. The first-order valence-corrected chi connectivity index (χ1v) is 11.9. The number of aromatic amines is 1. The molecule has 4 aliphatic rings. The van der Waals surface area contributed by atoms with E-state index in [2.05, 4.69) is 39.8 Å². The van der Waals surface area contributed by atoms with E-state index in [1.54, 1.807) is 11.8 Å². The Morgan fingerprint density at radius 1 is 1.03 bits per heavy atom. The highest BCUT2D eigenvalue weighted by molar-refractivity contribution is 8.01. The predicted molar refractivity (Wildman–Crippen MR) is 112 cm³/mol. The van der Waals surface area contributed by atoms with Gasteiger partial charge in [0.1, 0.15) is 17.5 Å². The molecule has 9 nitrogen and oxygen atoms in total. The van der Waals surface area contributed by atoms with Crippen LogP contribution in [0.15, 0.2) is 0 Å². The van der Waals surface area contributed by atoms with E-state index in [0.717, 1.165) is 12.8 Å². The van der Waals surface area contributed by atoms with Gasteiger partial charge in [-0.15, -0.1) is 22.0 Å². The second kappa shape index (κ2) is 6.91. The first-order valence-electron chi connectivity index (χ1n) is 11.1. The van der Waals surface area contributed by atoms with Crippen LogP contribution < -0.4 is 5.32 Å². The SMILES string of the molecule is CC1(C)SC2C(N3C(=O)C(C4CCCCCC4)NC3(C)C)C(=O)N2C1c1nn[nH]n1. The summed E-state index contributed by atoms with van der Waals surface area (Å²) in [6.07, 6.45) is 7.06. The summed E-state index contributed by atoms with van der Waals surface area (Å²) in [6.45, 7) is 8.26. The Kier molecular flexibility index (Phi) is 4.66. The van der Waals surface area contributed by atoms with Crippen molar-refractivity contribution in [2.75, 3.05) is 0 Å². The summed E-state index contributed by atoms with van der Waals surface area (Å²) in [5.41, 5.74) is -0.546. The van der Waals surface area contributed by atoms with E-state index in [9.17, 15) is 9.59 Å². The maximum Gasteiger partial charge on any atom is 0.250 e. The van der Waals surface area contributed by atoms with Crippen molar-refractivity contribution in [2.24, 2.45) is 5.92 Å². The second-order valence-electron chi connectivity index (χ2n) is 10.1. The van der Waals surface area contributed by atoms with E-state index in [1.807, 2.05) is 23.6 Å². The Labute approximate surface area is 181 Å². The molecule has 5 rings (SSSR count). The van der Waals surface area contributed by atoms with Crippen LogP contribution in [-0.4, -0.2) is 70.1 Å². The molecule has 1 aliphatic carbocycles. The molecule has 4 fully saturated rings. The zero-order valence-corrected chi connectivity index (χ0v) is 18.9. The molecule has 2 N–H and O–H groups in total. The van der Waals surface area contributed by atoms with Gasteiger partial charge in [-0.1, -0.05) is 30.9 Å². The lowest BCUT2D eigenvalue weighted by molar-refractivity contribution is -0.165. The van der Waals surface area contributed by atoms with Crippen molar-refractivity contribution < 1.29 is 9.59 Å². The van der Waals surface area contributed by atoms with Crippen LogP contribution in [0.5, 0.6) is 0 Å². The number of nitrogens with one attached hydrogen (secondary N) is 2. The van der Waals surface area contributed by atoms with Gasteiger partial charge in [0.25, 0.3) is 0 Å². The first kappa shape index (κ1) is 20.2. The number of carbonyl (C=O) groups excluding carboxylic acids is 2. The Bertz CT molecular complexity index is 834. The number of thioether (sulfide) groups is 1. The zero-order chi connectivity index (χ0) is 21.3. The summed E-state index contributed by atoms with van der Waals surface area (Å²) in [4.78, 5) is 30.7. The molecule has 164 valence electrons. The van der Waals surface area contributed by atoms with Gasteiger partial charge in [-0.3, -0.25) is 14.9 Å². The third kappa shape index (κ3) is 2.90. The number of hydrogen-bond donors (Lipinski definition) is 2. The number of fused-ring (bicyclic) bond motifs is 1. The van der Waals surface area contributed by atoms with Gasteiger partial charge in [-0.25, -0.2) is 0 Å². The van der Waals surface area contributed by atoms with Gasteiger partial charge in [-0.2, -0.15) is 5.21 Å². The molecule has 3 aliphatic heterocycles. The minimum atomic E-state index is -0.546. The number of aromatic nitrogens is 4. The standard InChI is InChI=1S/C20H31N7O2S/c1-19(2)14(15-22-24-25-23-15)26-17(29)13(18(26)30-19)27-16(28)12(21-20(27,3)4)11-9-7-5-6-8-10-11/h11-14,18,21H,5-10H2,1-4H3,(H,22,23,24,25). The fourth-order valence-electron chi connectivity index (χ4n) is 5.92. The predicted octanol–water partition coefficient (Wildman–Crippen LogP) is 1.81. The van der Waals surface area contributed by atoms with Crippen LogP contribution in [-0.2, 0) is 9.59 Å². The van der Waals surface area contributed by atoms with Gasteiger partial charge < -0.3 is 9.80 Å². The highest BCUT2D eigenvalue weighted by Gasteiger charge is 2.68. The Morgan fingerprint density at radius 3 is 2.37 bits per heavy atom. The van der Waals surface area contributed by atoms with Gasteiger partial charge in [0.2, 0.25) is 11.8 Å². The van der Waals surface area contributed by atoms with Crippen molar-refractivity contribution in [1.29, 1.82) is 0 Å². The normalized spacial score (nSPS) is 36.0. The van der Waals surface area contributed by atoms with E-state index >= 15 is 0 Å². The molecule has 10 heteroatoms. The van der Waals surface area contributed by atoms with E-state index in [-0.39, 0.29) is 34.0 Å². The molecule has 1 aromatic heterocycles. The fourth-order valence-corrected chi connectivity index (χ4v) is 7.60. The molecule has 4 atom stereocenters. The van der Waals surface area contributed by atoms with Gasteiger partial charge in [0, 0.05) is 4.75 Å². The van der Waals surface area contributed by atoms with Crippen LogP contribution in [0, 0.1) is 5.92 Å². The van der Waals surface area contributed by atoms with Crippen molar-refractivity contribution in [2.45, 2.75) is 100 Å². The smallest absolute Gasteiger partial charge is 0.250 e. The number of hydrogen-bond acceptors (Lipinski definition) is 7. The fraction of sp³-hybridized carbons (Fsp3) is 0.850. The minimum Gasteiger partial charge on any atom is -0.314 e. The van der Waals surface area contributed by atoms with Crippen LogP contribution in [0.2, 0.25) is 0 Å². The van der Waals surface area contributed by atoms with Crippen molar-refractivity contribution in [3.8, 4) is 0 Å². The number of carbonyl (C=O) groups is 2. The highest BCUT2D eigenvalue weighted by Crippen LogP contribution is 2.58. The Hall–Kier alpha value is -1.68. The van der Waals surface area contributed by atoms with Crippen LogP contribution in [0.3, 0.4) is 0 Å². The summed E-state index contributed by atoms with van der Waals surface area (Å²) in [7, 11) is 0. The molecule has 0 radical (unpaired) electrons. The largest absolute Gasteiger partial charge is 0.314 e. The summed E-state index contributed by atoms with van der Waals surface area (Å²) >= 11 is 1.73. The lowest BCUT2D eigenvalue weighted by Crippen LogP contribution is -2.71. The lowest BCUT2D eigenvalue weighted by atomic mass is 9.91. The number of rotatable bonds is 3. The molecule has 4 heterocycles. The van der Waals surface area contributed by atoms with E-state index < -0.39 is 11.7 Å². The van der Waals surface area contributed by atoms with E-state index in [4.69, 9.17) is 0 Å². The molecule has 2 amide bonds. The first-order chi connectivity index (χ1) is 14.2. The van der Waals surface area contributed by atoms with Crippen molar-refractivity contribution in [3.63, 3.8) is 0 Å². The molecule has 0 spiro atoms. The van der Waals surface area contributed by atoms with Gasteiger partial charge in [0.15, 0.2) is 5.82 Å². The molecule has 4 unspecified atom stereocenters. The Morgan fingerprint density at radius 2 is 1.73 bits per heavy atom. The summed E-state index contributed by atoms with van der Waals surface area (Å²) < 4.78 is -0.264. The monoisotopic (exact) mass is 433 g/mol. The van der Waals surface area contributed by atoms with Gasteiger partial charge in [0.05, 0.1) is 11.7 Å². The molecule has 30 heavy (non-hydrogen) atoms. The van der Waals surface area contributed by atoms with E-state index in [1.165, 1.54) is 25.7 Å². The quantitative estimate of drug-likeness (QED) is 0.553. The number of tetrazole rings is 1. The van der Waals surface area contributed by atoms with Gasteiger partial charge >= 0.3 is 0 Å². The van der Waals surface area contributed by atoms with Crippen LogP contribution in [0.1, 0.15) is 78.1 Å². The van der Waals surface area contributed by atoms with Crippen LogP contribution >= 0.6 is 11.8 Å². The van der Waals surface area contributed by atoms with Crippen molar-refractivity contribution in [3.05, 3.63) is 5.82 Å². The summed E-state index contributed by atoms with van der Waals surface area (Å²) in [5, 5.41) is 18.0. The molecule has 0 aromatic carbocycles. The number of H-pyrrole nitrogens is 1. The maximum absolute atomic E-state index is 13.6. The summed E-state index contributed by atoms with van der Waals surface area (Å²) in [6, 6.07) is -0.884. The van der Waals surface area contributed by atoms with Crippen LogP contribution in [0.25, 0.3) is 0 Å². The van der Waals surface area contributed by atoms with Gasteiger partial charge in [-0.05, 0) is 46.5 Å². The molecule has 1 saturated carbocycles. The molecular formula is C20H31N7O2S. The summed E-state index contributed by atoms with van der Waals surface area (Å²) in [5.74, 6) is 0.961. The Balaban J connectivity index is 1.41. The van der Waals surface area contributed by atoms with Crippen molar-refractivity contribution >= 4 is 23.6 Å². The highest BCUT2D eigenvalue weighted by atomic mass is 32.2. The number of amides is 2. The van der Waals surface area contributed by atoms with Crippen molar-refractivity contribution in [1.82, 2.24) is 35.7 Å². The average molecular weight is 434 g/mol. The third-order valence-electron chi connectivity index (χ3n) is 7.28. The number of β-lactam (4-membered cyclic amide) rings is 1. The third-order valence-corrected chi connectivity index (χ3v) is 8.84. The molecular weight excluding hydrogens is 402 g/mol. The lowest BCUT2D eigenvalue weighted by Gasteiger charge is -2.50. The maximum atomic E-state index is 13.6. The second-order valence-corrected chi connectivity index (χ2v) is 11.9.